The molecule has 134 valence electrons. The molecule has 0 aliphatic carbocycles. The molecule has 25 heavy (non-hydrogen) atoms. The average Bonchev–Trinajstić information content (AvgIpc) is 2.52. The van der Waals surface area contributed by atoms with Gasteiger partial charge in [-0.2, -0.15) is 26.3 Å². The molecule has 0 saturated heterocycles. The summed E-state index contributed by atoms with van der Waals surface area (Å²) in [5.41, 5.74) is -3.41. The summed E-state index contributed by atoms with van der Waals surface area (Å²) >= 11 is 1.23. The van der Waals surface area contributed by atoms with Gasteiger partial charge in [0.2, 0.25) is 0 Å². The third kappa shape index (κ3) is 4.68. The van der Waals surface area contributed by atoms with Crippen LogP contribution < -0.4 is 5.32 Å². The highest BCUT2D eigenvalue weighted by atomic mass is 32.2. The first-order valence-electron chi connectivity index (χ1n) is 6.76. The normalized spacial score (nSPS) is 12.1. The van der Waals surface area contributed by atoms with Crippen LogP contribution in [-0.4, -0.2) is 12.2 Å². The number of carbonyl (C=O) groups is 1. The van der Waals surface area contributed by atoms with Crippen molar-refractivity contribution in [2.75, 3.05) is 11.6 Å². The molecule has 0 aliphatic rings. The third-order valence-corrected chi connectivity index (χ3v) is 3.99. The van der Waals surface area contributed by atoms with E-state index in [-0.39, 0.29) is 11.6 Å². The van der Waals surface area contributed by atoms with Gasteiger partial charge in [-0.25, -0.2) is 0 Å². The predicted molar refractivity (Wildman–Crippen MR) is 82.6 cm³/mol. The van der Waals surface area contributed by atoms with E-state index >= 15 is 0 Å². The van der Waals surface area contributed by atoms with Gasteiger partial charge in [-0.15, -0.1) is 11.8 Å². The Labute approximate surface area is 143 Å². The van der Waals surface area contributed by atoms with E-state index in [2.05, 4.69) is 5.32 Å². The maximum Gasteiger partial charge on any atom is 0.416 e. The first-order chi connectivity index (χ1) is 11.5. The van der Waals surface area contributed by atoms with Gasteiger partial charge in [-0.05, 0) is 36.6 Å². The Morgan fingerprint density at radius 1 is 0.920 bits per heavy atom. The van der Waals surface area contributed by atoms with E-state index < -0.39 is 35.1 Å². The van der Waals surface area contributed by atoms with Crippen LogP contribution in [0.15, 0.2) is 47.4 Å². The first kappa shape index (κ1) is 19.2. The fraction of sp³-hybridized carbons (Fsp3) is 0.188. The lowest BCUT2D eigenvalue weighted by Gasteiger charge is -2.15. The minimum atomic E-state index is -4.97. The van der Waals surface area contributed by atoms with Crippen molar-refractivity contribution in [3.63, 3.8) is 0 Å². The molecule has 2 aromatic rings. The minimum absolute atomic E-state index is 0.00545. The van der Waals surface area contributed by atoms with Crippen LogP contribution in [0.1, 0.15) is 21.5 Å². The van der Waals surface area contributed by atoms with Crippen LogP contribution in [0.3, 0.4) is 0 Å². The van der Waals surface area contributed by atoms with Gasteiger partial charge in [-0.3, -0.25) is 4.79 Å². The van der Waals surface area contributed by atoms with Crippen LogP contribution in [0.25, 0.3) is 0 Å². The zero-order valence-electron chi connectivity index (χ0n) is 12.6. The molecule has 0 spiro atoms. The number of hydrogen-bond acceptors (Lipinski definition) is 2. The highest BCUT2D eigenvalue weighted by Gasteiger charge is 2.37. The maximum atomic E-state index is 12.8. The highest BCUT2D eigenvalue weighted by Crippen LogP contribution is 2.37. The van der Waals surface area contributed by atoms with Gasteiger partial charge in [0, 0.05) is 10.6 Å². The van der Waals surface area contributed by atoms with Crippen molar-refractivity contribution >= 4 is 23.4 Å². The third-order valence-electron chi connectivity index (χ3n) is 3.20. The van der Waals surface area contributed by atoms with Crippen LogP contribution in [-0.2, 0) is 12.4 Å². The molecule has 0 bridgehead atoms. The molecule has 0 heterocycles. The number of nitrogens with one attached hydrogen (secondary N) is 1. The Morgan fingerprint density at radius 3 is 1.92 bits per heavy atom. The predicted octanol–water partition coefficient (Wildman–Crippen LogP) is 5.70. The summed E-state index contributed by atoms with van der Waals surface area (Å²) in [6.07, 6.45) is -8.26. The quantitative estimate of drug-likeness (QED) is 0.548. The van der Waals surface area contributed by atoms with Crippen molar-refractivity contribution in [1.29, 1.82) is 0 Å². The van der Waals surface area contributed by atoms with Crippen molar-refractivity contribution in [3.05, 3.63) is 59.2 Å². The molecule has 0 saturated carbocycles. The first-order valence-corrected chi connectivity index (χ1v) is 7.98. The zero-order valence-corrected chi connectivity index (χ0v) is 13.4. The zero-order chi connectivity index (χ0) is 18.8. The molecule has 0 radical (unpaired) electrons. The van der Waals surface area contributed by atoms with Crippen LogP contribution >= 0.6 is 11.8 Å². The van der Waals surface area contributed by atoms with Gasteiger partial charge in [0.1, 0.15) is 0 Å². The molecule has 0 unspecified atom stereocenters. The van der Waals surface area contributed by atoms with Crippen molar-refractivity contribution in [1.82, 2.24) is 0 Å². The lowest BCUT2D eigenvalue weighted by Crippen LogP contribution is -2.16. The second kappa shape index (κ2) is 6.99. The van der Waals surface area contributed by atoms with Crippen molar-refractivity contribution < 1.29 is 31.1 Å². The molecule has 1 amide bonds. The number of carbonyl (C=O) groups excluding carboxylic acids is 1. The lowest BCUT2D eigenvalue weighted by atomic mass is 10.1. The molecule has 2 rings (SSSR count). The van der Waals surface area contributed by atoms with Crippen LogP contribution in [0.2, 0.25) is 0 Å². The van der Waals surface area contributed by atoms with E-state index in [1.165, 1.54) is 17.8 Å². The van der Waals surface area contributed by atoms with Crippen molar-refractivity contribution in [2.24, 2.45) is 0 Å². The molecule has 2 nitrogen and oxygen atoms in total. The van der Waals surface area contributed by atoms with E-state index in [1.54, 1.807) is 24.5 Å². The van der Waals surface area contributed by atoms with Gasteiger partial charge in [0.15, 0.2) is 0 Å². The Bertz CT molecular complexity index is 753. The van der Waals surface area contributed by atoms with Gasteiger partial charge >= 0.3 is 12.4 Å². The monoisotopic (exact) mass is 379 g/mol. The fourth-order valence-electron chi connectivity index (χ4n) is 2.06. The van der Waals surface area contributed by atoms with E-state index in [0.29, 0.717) is 17.0 Å². The smallest absolute Gasteiger partial charge is 0.322 e. The van der Waals surface area contributed by atoms with Crippen LogP contribution in [0, 0.1) is 0 Å². The molecular formula is C16H11F6NOS. The van der Waals surface area contributed by atoms with Crippen LogP contribution in [0.4, 0.5) is 32.0 Å². The standard InChI is InChI=1S/C16H11F6NOS/c1-25-13-5-3-2-4-12(13)14(24)23-11-7-9(15(17,18)19)6-10(8-11)16(20,21)22/h2-8H,1H3,(H,23,24). The van der Waals surface area contributed by atoms with Crippen molar-refractivity contribution in [2.45, 2.75) is 17.2 Å². The Balaban J connectivity index is 2.43. The number of rotatable bonds is 3. The van der Waals surface area contributed by atoms with Gasteiger partial charge in [0.05, 0.1) is 16.7 Å². The summed E-state index contributed by atoms with van der Waals surface area (Å²) in [5, 5.41) is 2.11. The van der Waals surface area contributed by atoms with Gasteiger partial charge in [-0.1, -0.05) is 12.1 Å². The number of anilines is 1. The van der Waals surface area contributed by atoms with E-state index in [0.717, 1.165) is 0 Å². The lowest BCUT2D eigenvalue weighted by molar-refractivity contribution is -0.143. The van der Waals surface area contributed by atoms with Crippen molar-refractivity contribution in [3.8, 4) is 0 Å². The number of halogens is 6. The Kier molecular flexibility index (Phi) is 5.36. The maximum absolute atomic E-state index is 12.8. The number of benzene rings is 2. The van der Waals surface area contributed by atoms with Crippen LogP contribution in [0.5, 0.6) is 0 Å². The van der Waals surface area contributed by atoms with E-state index in [4.69, 9.17) is 0 Å². The number of thioether (sulfide) groups is 1. The van der Waals surface area contributed by atoms with Gasteiger partial charge in [0.25, 0.3) is 5.91 Å². The summed E-state index contributed by atoms with van der Waals surface area (Å²) in [6.45, 7) is 0. The summed E-state index contributed by atoms with van der Waals surface area (Å²) in [7, 11) is 0. The van der Waals surface area contributed by atoms with E-state index in [9.17, 15) is 31.1 Å². The highest BCUT2D eigenvalue weighted by molar-refractivity contribution is 7.98. The van der Waals surface area contributed by atoms with Gasteiger partial charge < -0.3 is 5.32 Å². The summed E-state index contributed by atoms with van der Waals surface area (Å²) < 4.78 is 77.0. The second-order valence-corrected chi connectivity index (χ2v) is 5.80. The molecule has 2 aromatic carbocycles. The number of hydrogen-bond donors (Lipinski definition) is 1. The molecule has 0 aromatic heterocycles. The number of amides is 1. The largest absolute Gasteiger partial charge is 0.416 e. The molecule has 0 aliphatic heterocycles. The molecule has 9 heteroatoms. The average molecular weight is 379 g/mol. The molecule has 0 fully saturated rings. The summed E-state index contributed by atoms with van der Waals surface area (Å²) in [4.78, 5) is 12.8. The van der Waals surface area contributed by atoms with E-state index in [1.807, 2.05) is 0 Å². The molecule has 0 atom stereocenters. The molecular weight excluding hydrogens is 368 g/mol. The second-order valence-electron chi connectivity index (χ2n) is 4.95. The number of alkyl halides is 6. The Morgan fingerprint density at radius 2 is 1.44 bits per heavy atom. The topological polar surface area (TPSA) is 29.1 Å². The summed E-state index contributed by atoms with van der Waals surface area (Å²) in [5.74, 6) is -0.794. The summed E-state index contributed by atoms with van der Waals surface area (Å²) in [6, 6.07) is 7.19. The SMILES string of the molecule is CSc1ccccc1C(=O)Nc1cc(C(F)(F)F)cc(C(F)(F)F)c1. The minimum Gasteiger partial charge on any atom is -0.322 e. The molecule has 1 N–H and O–H groups in total. The fourth-order valence-corrected chi connectivity index (χ4v) is 2.65. The Hall–Kier alpha value is -2.16.